The first-order valence-electron chi connectivity index (χ1n) is 5.70. The molecule has 0 aliphatic heterocycles. The van der Waals surface area contributed by atoms with Gasteiger partial charge in [0.2, 0.25) is 10.0 Å². The smallest absolute Gasteiger partial charge is 0.323 e. The topological polar surface area (TPSA) is 83.5 Å². The van der Waals surface area contributed by atoms with E-state index in [0.29, 0.717) is 5.69 Å². The first-order valence-corrected chi connectivity index (χ1v) is 7.25. The fourth-order valence-corrected chi connectivity index (χ4v) is 2.43. The minimum absolute atomic E-state index is 0.451. The molecule has 100 valence electrons. The van der Waals surface area contributed by atoms with E-state index >= 15 is 0 Å². The van der Waals surface area contributed by atoms with E-state index in [1.807, 2.05) is 19.1 Å². The molecule has 1 aromatic rings. The number of carboxylic acid groups (broad SMARTS) is 1. The minimum Gasteiger partial charge on any atom is -0.480 e. The van der Waals surface area contributed by atoms with Crippen molar-refractivity contribution < 1.29 is 18.3 Å². The van der Waals surface area contributed by atoms with Crippen LogP contribution in [-0.2, 0) is 21.2 Å². The van der Waals surface area contributed by atoms with Gasteiger partial charge in [-0.1, -0.05) is 31.5 Å². The number of aliphatic carboxylic acids is 1. The molecule has 18 heavy (non-hydrogen) atoms. The average Bonchev–Trinajstić information content (AvgIpc) is 2.30. The Hall–Kier alpha value is -1.56. The van der Waals surface area contributed by atoms with Gasteiger partial charge in [-0.15, -0.1) is 0 Å². The summed E-state index contributed by atoms with van der Waals surface area (Å²) >= 11 is 0. The van der Waals surface area contributed by atoms with Gasteiger partial charge in [0.25, 0.3) is 0 Å². The van der Waals surface area contributed by atoms with Crippen molar-refractivity contribution in [2.45, 2.75) is 31.9 Å². The number of benzene rings is 1. The van der Waals surface area contributed by atoms with Crippen molar-refractivity contribution in [1.82, 2.24) is 0 Å². The summed E-state index contributed by atoms with van der Waals surface area (Å²) in [6.45, 7) is 3.14. The summed E-state index contributed by atoms with van der Waals surface area (Å²) in [5.74, 6) is -1.37. The first kappa shape index (κ1) is 14.5. The highest BCUT2D eigenvalue weighted by atomic mass is 32.2. The van der Waals surface area contributed by atoms with Crippen molar-refractivity contribution in [2.75, 3.05) is 4.72 Å². The Morgan fingerprint density at radius 1 is 1.39 bits per heavy atom. The van der Waals surface area contributed by atoms with Gasteiger partial charge in [0.1, 0.15) is 0 Å². The number of para-hydroxylation sites is 1. The number of carbonyl (C=O) groups is 1. The summed E-state index contributed by atoms with van der Waals surface area (Å²) < 4.78 is 26.0. The molecule has 0 radical (unpaired) electrons. The summed E-state index contributed by atoms with van der Waals surface area (Å²) in [5.41, 5.74) is 1.31. The second-order valence-corrected chi connectivity index (χ2v) is 6.04. The number of rotatable bonds is 6. The van der Waals surface area contributed by atoms with E-state index in [4.69, 9.17) is 5.11 Å². The molecule has 0 fully saturated rings. The van der Waals surface area contributed by atoms with Crippen LogP contribution in [0.1, 0.15) is 25.8 Å². The van der Waals surface area contributed by atoms with Crippen molar-refractivity contribution in [3.63, 3.8) is 0 Å². The largest absolute Gasteiger partial charge is 0.480 e. The maximum atomic E-state index is 11.8. The minimum atomic E-state index is -3.90. The van der Waals surface area contributed by atoms with Crippen LogP contribution >= 0.6 is 0 Å². The molecule has 0 bridgehead atoms. The van der Waals surface area contributed by atoms with E-state index in [9.17, 15) is 13.2 Å². The lowest BCUT2D eigenvalue weighted by molar-refractivity contribution is -0.136. The zero-order valence-corrected chi connectivity index (χ0v) is 11.2. The Bertz CT molecular complexity index is 525. The van der Waals surface area contributed by atoms with Gasteiger partial charge in [0.05, 0.1) is 5.69 Å². The molecule has 0 aliphatic rings. The Kier molecular flexibility index (Phi) is 4.72. The van der Waals surface area contributed by atoms with Crippen LogP contribution < -0.4 is 4.72 Å². The zero-order chi connectivity index (χ0) is 13.8. The highest BCUT2D eigenvalue weighted by Gasteiger charge is 2.27. The molecule has 0 heterocycles. The highest BCUT2D eigenvalue weighted by molar-refractivity contribution is 7.94. The van der Waals surface area contributed by atoms with Crippen molar-refractivity contribution in [2.24, 2.45) is 0 Å². The van der Waals surface area contributed by atoms with Gasteiger partial charge in [-0.3, -0.25) is 9.52 Å². The molecule has 1 unspecified atom stereocenters. The van der Waals surface area contributed by atoms with E-state index < -0.39 is 21.2 Å². The van der Waals surface area contributed by atoms with Gasteiger partial charge in [0.15, 0.2) is 5.25 Å². The van der Waals surface area contributed by atoms with Crippen LogP contribution in [0.4, 0.5) is 5.69 Å². The first-order chi connectivity index (χ1) is 8.38. The summed E-state index contributed by atoms with van der Waals surface area (Å²) in [4.78, 5) is 10.7. The van der Waals surface area contributed by atoms with Gasteiger partial charge < -0.3 is 5.11 Å². The Morgan fingerprint density at radius 3 is 2.56 bits per heavy atom. The summed E-state index contributed by atoms with van der Waals surface area (Å²) in [5, 5.41) is 7.27. The predicted molar refractivity (Wildman–Crippen MR) is 70.1 cm³/mol. The molecule has 0 aromatic heterocycles. The van der Waals surface area contributed by atoms with Crippen molar-refractivity contribution in [3.8, 4) is 0 Å². The van der Waals surface area contributed by atoms with E-state index in [1.54, 1.807) is 12.1 Å². The van der Waals surface area contributed by atoms with E-state index in [0.717, 1.165) is 25.3 Å². The molecule has 1 rings (SSSR count). The van der Waals surface area contributed by atoms with E-state index in [2.05, 4.69) is 4.72 Å². The lowest BCUT2D eigenvalue weighted by Gasteiger charge is -2.14. The van der Waals surface area contributed by atoms with Crippen LogP contribution in [0.3, 0.4) is 0 Å². The Morgan fingerprint density at radius 2 is 2.00 bits per heavy atom. The van der Waals surface area contributed by atoms with E-state index in [1.165, 1.54) is 0 Å². The SMILES string of the molecule is CCCc1ccccc1NS(=O)(=O)C(C)C(=O)O. The molecule has 0 saturated carbocycles. The van der Waals surface area contributed by atoms with Crippen molar-refractivity contribution >= 4 is 21.7 Å². The van der Waals surface area contributed by atoms with Crippen LogP contribution in [0.5, 0.6) is 0 Å². The fourth-order valence-electron chi connectivity index (χ4n) is 1.48. The van der Waals surface area contributed by atoms with Crippen LogP contribution in [0.2, 0.25) is 0 Å². The second-order valence-electron chi connectivity index (χ2n) is 4.03. The van der Waals surface area contributed by atoms with Gasteiger partial charge in [-0.25, -0.2) is 8.42 Å². The van der Waals surface area contributed by atoms with Gasteiger partial charge >= 0.3 is 5.97 Å². The monoisotopic (exact) mass is 271 g/mol. The van der Waals surface area contributed by atoms with Crippen molar-refractivity contribution in [1.29, 1.82) is 0 Å². The van der Waals surface area contributed by atoms with Crippen LogP contribution in [-0.4, -0.2) is 24.7 Å². The Labute approximate surface area is 107 Å². The molecule has 5 nitrogen and oxygen atoms in total. The number of aryl methyl sites for hydroxylation is 1. The van der Waals surface area contributed by atoms with Crippen LogP contribution in [0, 0.1) is 0 Å². The average molecular weight is 271 g/mol. The summed E-state index contributed by atoms with van der Waals surface area (Å²) in [6, 6.07) is 7.00. The normalized spacial score (nSPS) is 13.0. The summed E-state index contributed by atoms with van der Waals surface area (Å²) in [6.07, 6.45) is 1.62. The standard InChI is InChI=1S/C12H17NO4S/c1-3-6-10-7-4-5-8-11(10)13-18(16,17)9(2)12(14)15/h4-5,7-9,13H,3,6H2,1-2H3,(H,14,15). The van der Waals surface area contributed by atoms with Gasteiger partial charge in [-0.05, 0) is 25.0 Å². The number of anilines is 1. The number of hydrogen-bond donors (Lipinski definition) is 2. The number of nitrogens with one attached hydrogen (secondary N) is 1. The van der Waals surface area contributed by atoms with Crippen LogP contribution in [0.25, 0.3) is 0 Å². The molecule has 0 spiro atoms. The lowest BCUT2D eigenvalue weighted by Crippen LogP contribution is -2.32. The molecule has 1 aromatic carbocycles. The molecular weight excluding hydrogens is 254 g/mol. The third-order valence-electron chi connectivity index (χ3n) is 2.60. The number of hydrogen-bond acceptors (Lipinski definition) is 3. The second kappa shape index (κ2) is 5.86. The number of carboxylic acids is 1. The molecule has 0 saturated heterocycles. The molecule has 0 aliphatic carbocycles. The van der Waals surface area contributed by atoms with Gasteiger partial charge in [-0.2, -0.15) is 0 Å². The molecule has 0 amide bonds. The molecule has 1 atom stereocenters. The quantitative estimate of drug-likeness (QED) is 0.827. The summed E-state index contributed by atoms with van der Waals surface area (Å²) in [7, 11) is -3.90. The predicted octanol–water partition coefficient (Wildman–Crippen LogP) is 1.85. The maximum absolute atomic E-state index is 11.8. The third-order valence-corrected chi connectivity index (χ3v) is 4.24. The van der Waals surface area contributed by atoms with Crippen LogP contribution in [0.15, 0.2) is 24.3 Å². The molecule has 2 N–H and O–H groups in total. The number of sulfonamides is 1. The highest BCUT2D eigenvalue weighted by Crippen LogP contribution is 2.19. The lowest BCUT2D eigenvalue weighted by atomic mass is 10.1. The van der Waals surface area contributed by atoms with Gasteiger partial charge in [0, 0.05) is 0 Å². The fraction of sp³-hybridized carbons (Fsp3) is 0.417. The van der Waals surface area contributed by atoms with E-state index in [-0.39, 0.29) is 0 Å². The molecule has 6 heteroatoms. The maximum Gasteiger partial charge on any atom is 0.323 e. The third kappa shape index (κ3) is 3.46. The Balaban J connectivity index is 3.01. The zero-order valence-electron chi connectivity index (χ0n) is 10.4. The van der Waals surface area contributed by atoms with Crippen molar-refractivity contribution in [3.05, 3.63) is 29.8 Å². The molecular formula is C12H17NO4S.